The number of halogens is 1. The maximum atomic E-state index is 11.8. The monoisotopic (exact) mass is 246 g/mol. The Morgan fingerprint density at radius 1 is 1.53 bits per heavy atom. The van der Waals surface area contributed by atoms with E-state index in [0.717, 1.165) is 0 Å². The van der Waals surface area contributed by atoms with E-state index in [-0.39, 0.29) is 0 Å². The Bertz CT molecular complexity index is 423. The Hall–Kier alpha value is -1.07. The first-order valence-corrected chi connectivity index (χ1v) is 5.77. The molecule has 0 saturated heterocycles. The van der Waals surface area contributed by atoms with Crippen LogP contribution in [-0.2, 0) is 15.6 Å². The minimum absolute atomic E-state index is 0.339. The van der Waals surface area contributed by atoms with Crippen LogP contribution in [0.15, 0.2) is 23.1 Å². The van der Waals surface area contributed by atoms with Gasteiger partial charge in [0.2, 0.25) is 5.91 Å². The maximum absolute atomic E-state index is 11.8. The highest BCUT2D eigenvalue weighted by Gasteiger charge is 2.20. The van der Waals surface area contributed by atoms with Gasteiger partial charge in [-0.15, -0.1) is 0 Å². The zero-order valence-electron chi connectivity index (χ0n) is 8.07. The Morgan fingerprint density at radius 3 is 2.67 bits per heavy atom. The van der Waals surface area contributed by atoms with Crippen molar-refractivity contribution < 1.29 is 9.00 Å². The molecule has 1 rings (SSSR count). The van der Waals surface area contributed by atoms with E-state index in [9.17, 15) is 9.00 Å². The maximum Gasteiger partial charge on any atom is 0.233 e. The summed E-state index contributed by atoms with van der Waals surface area (Å²) in [6, 6.07) is 4.61. The first-order valence-electron chi connectivity index (χ1n) is 4.18. The Labute approximate surface area is 95.0 Å². The quantitative estimate of drug-likeness (QED) is 0.777. The molecule has 2 atom stereocenters. The van der Waals surface area contributed by atoms with Gasteiger partial charge in [0.05, 0.1) is 15.7 Å². The number of benzene rings is 1. The SMILES string of the molecule is CC(C(N)=O)S(=O)c1cc(Cl)ccc1N. The van der Waals surface area contributed by atoms with Crippen molar-refractivity contribution in [1.29, 1.82) is 0 Å². The van der Waals surface area contributed by atoms with E-state index in [1.165, 1.54) is 13.0 Å². The van der Waals surface area contributed by atoms with Crippen LogP contribution in [0.5, 0.6) is 0 Å². The number of nitrogen functional groups attached to an aromatic ring is 1. The topological polar surface area (TPSA) is 86.2 Å². The van der Waals surface area contributed by atoms with Crippen molar-refractivity contribution in [2.24, 2.45) is 5.73 Å². The molecule has 4 nitrogen and oxygen atoms in total. The van der Waals surface area contributed by atoms with Gasteiger partial charge in [-0.3, -0.25) is 9.00 Å². The number of carbonyl (C=O) groups is 1. The summed E-state index contributed by atoms with van der Waals surface area (Å²) in [6.07, 6.45) is 0. The Morgan fingerprint density at radius 2 is 2.13 bits per heavy atom. The normalized spacial score (nSPS) is 14.5. The standard InChI is InChI=1S/C9H11ClN2O2S/c1-5(9(12)13)15(14)8-4-6(10)2-3-7(8)11/h2-5H,11H2,1H3,(H2,12,13). The lowest BCUT2D eigenvalue weighted by atomic mass is 10.3. The molecule has 0 aliphatic rings. The predicted molar refractivity (Wildman–Crippen MR) is 60.9 cm³/mol. The molecule has 6 heteroatoms. The van der Waals surface area contributed by atoms with Crippen LogP contribution >= 0.6 is 11.6 Å². The van der Waals surface area contributed by atoms with Crippen molar-refractivity contribution in [3.05, 3.63) is 23.2 Å². The number of hydrogen-bond acceptors (Lipinski definition) is 3. The smallest absolute Gasteiger partial charge is 0.233 e. The third-order valence-electron chi connectivity index (χ3n) is 1.91. The van der Waals surface area contributed by atoms with Crippen molar-refractivity contribution in [2.45, 2.75) is 17.1 Å². The van der Waals surface area contributed by atoms with Crippen LogP contribution in [0.4, 0.5) is 5.69 Å². The van der Waals surface area contributed by atoms with Crippen LogP contribution in [0.25, 0.3) is 0 Å². The van der Waals surface area contributed by atoms with Gasteiger partial charge in [-0.05, 0) is 25.1 Å². The van der Waals surface area contributed by atoms with Crippen LogP contribution in [0.2, 0.25) is 5.02 Å². The zero-order chi connectivity index (χ0) is 11.6. The molecule has 0 spiro atoms. The van der Waals surface area contributed by atoms with Crippen LogP contribution in [0.1, 0.15) is 6.92 Å². The molecule has 82 valence electrons. The minimum Gasteiger partial charge on any atom is -0.398 e. The summed E-state index contributed by atoms with van der Waals surface area (Å²) < 4.78 is 11.8. The van der Waals surface area contributed by atoms with Crippen molar-refractivity contribution in [2.75, 3.05) is 5.73 Å². The van der Waals surface area contributed by atoms with Crippen LogP contribution < -0.4 is 11.5 Å². The molecule has 15 heavy (non-hydrogen) atoms. The molecule has 0 radical (unpaired) electrons. The second-order valence-corrected chi connectivity index (χ2v) is 5.20. The molecule has 0 aromatic heterocycles. The van der Waals surface area contributed by atoms with Crippen LogP contribution in [0, 0.1) is 0 Å². The van der Waals surface area contributed by atoms with E-state index in [4.69, 9.17) is 23.1 Å². The lowest BCUT2D eigenvalue weighted by Crippen LogP contribution is -2.29. The van der Waals surface area contributed by atoms with Gasteiger partial charge in [0.25, 0.3) is 0 Å². The fourth-order valence-corrected chi connectivity index (χ4v) is 2.35. The summed E-state index contributed by atoms with van der Waals surface area (Å²) in [5.41, 5.74) is 11.0. The molecular weight excluding hydrogens is 236 g/mol. The van der Waals surface area contributed by atoms with E-state index in [1.807, 2.05) is 0 Å². The van der Waals surface area contributed by atoms with Crippen molar-refractivity contribution >= 4 is 34.0 Å². The highest BCUT2D eigenvalue weighted by atomic mass is 35.5. The Kier molecular flexibility index (Phi) is 3.71. The van der Waals surface area contributed by atoms with E-state index in [2.05, 4.69) is 0 Å². The first kappa shape index (κ1) is 12.0. The summed E-state index contributed by atoms with van der Waals surface area (Å²) in [6.45, 7) is 1.48. The average Bonchev–Trinajstić information content (AvgIpc) is 2.19. The largest absolute Gasteiger partial charge is 0.398 e. The van der Waals surface area contributed by atoms with E-state index < -0.39 is 22.0 Å². The number of primary amides is 1. The summed E-state index contributed by atoms with van der Waals surface area (Å²) in [5.74, 6) is -0.632. The fraction of sp³-hybridized carbons (Fsp3) is 0.222. The number of anilines is 1. The van der Waals surface area contributed by atoms with Gasteiger partial charge in [-0.2, -0.15) is 0 Å². The van der Waals surface area contributed by atoms with Gasteiger partial charge in [0.15, 0.2) is 0 Å². The number of rotatable bonds is 3. The second kappa shape index (κ2) is 4.63. The number of hydrogen-bond donors (Lipinski definition) is 2. The van der Waals surface area contributed by atoms with Crippen molar-refractivity contribution in [3.8, 4) is 0 Å². The fourth-order valence-electron chi connectivity index (χ4n) is 0.978. The Balaban J connectivity index is 3.11. The molecule has 1 aromatic rings. The lowest BCUT2D eigenvalue weighted by Gasteiger charge is -2.09. The first-order chi connectivity index (χ1) is 6.93. The van der Waals surface area contributed by atoms with Gasteiger partial charge in [-0.25, -0.2) is 0 Å². The molecule has 0 saturated carbocycles. The molecule has 0 bridgehead atoms. The lowest BCUT2D eigenvalue weighted by molar-refractivity contribution is -0.117. The van der Waals surface area contributed by atoms with Gasteiger partial charge in [0.1, 0.15) is 5.25 Å². The molecule has 0 fully saturated rings. The molecular formula is C9H11ClN2O2S. The molecule has 4 N–H and O–H groups in total. The number of nitrogens with two attached hydrogens (primary N) is 2. The summed E-state index contributed by atoms with van der Waals surface area (Å²) in [5, 5.41) is -0.366. The van der Waals surface area contributed by atoms with Crippen molar-refractivity contribution in [1.82, 2.24) is 0 Å². The minimum atomic E-state index is -1.56. The van der Waals surface area contributed by atoms with Gasteiger partial charge in [-0.1, -0.05) is 11.6 Å². The molecule has 0 aliphatic heterocycles. The predicted octanol–water partition coefficient (Wildman–Crippen LogP) is 0.904. The molecule has 2 unspecified atom stereocenters. The van der Waals surface area contributed by atoms with Gasteiger partial charge >= 0.3 is 0 Å². The zero-order valence-corrected chi connectivity index (χ0v) is 9.64. The van der Waals surface area contributed by atoms with Gasteiger partial charge < -0.3 is 11.5 Å². The highest BCUT2D eigenvalue weighted by molar-refractivity contribution is 7.86. The average molecular weight is 247 g/mol. The molecule has 0 aliphatic carbocycles. The summed E-state index contributed by atoms with van der Waals surface area (Å²) in [7, 11) is -1.56. The van der Waals surface area contributed by atoms with E-state index in [1.54, 1.807) is 12.1 Å². The van der Waals surface area contributed by atoms with Gasteiger partial charge in [0, 0.05) is 10.7 Å². The molecule has 1 aromatic carbocycles. The summed E-state index contributed by atoms with van der Waals surface area (Å²) in [4.78, 5) is 11.2. The number of amides is 1. The van der Waals surface area contributed by atoms with E-state index >= 15 is 0 Å². The van der Waals surface area contributed by atoms with Crippen LogP contribution in [-0.4, -0.2) is 15.4 Å². The molecule has 1 amide bonds. The summed E-state index contributed by atoms with van der Waals surface area (Å²) >= 11 is 5.74. The second-order valence-electron chi connectivity index (χ2n) is 3.02. The highest BCUT2D eigenvalue weighted by Crippen LogP contribution is 2.23. The van der Waals surface area contributed by atoms with E-state index in [0.29, 0.717) is 15.6 Å². The van der Waals surface area contributed by atoms with Crippen molar-refractivity contribution in [3.63, 3.8) is 0 Å². The van der Waals surface area contributed by atoms with Crippen LogP contribution in [0.3, 0.4) is 0 Å². The third-order valence-corrected chi connectivity index (χ3v) is 3.81. The molecule has 0 heterocycles. The third kappa shape index (κ3) is 2.70. The number of carbonyl (C=O) groups excluding carboxylic acids is 1.